The third-order valence-corrected chi connectivity index (χ3v) is 5.56. The summed E-state index contributed by atoms with van der Waals surface area (Å²) in [5.74, 6) is -1.05. The third-order valence-electron chi connectivity index (χ3n) is 4.27. The highest BCUT2D eigenvalue weighted by Gasteiger charge is 2.31. The Morgan fingerprint density at radius 2 is 1.84 bits per heavy atom. The van der Waals surface area contributed by atoms with Gasteiger partial charge in [-0.15, -0.1) is 0 Å². The number of carboxylic acids is 1. The predicted octanol–water partition coefficient (Wildman–Crippen LogP) is 3.03. The van der Waals surface area contributed by atoms with Gasteiger partial charge in [0.2, 0.25) is 5.91 Å². The van der Waals surface area contributed by atoms with E-state index in [9.17, 15) is 14.7 Å². The molecule has 0 aliphatic carbocycles. The molecule has 0 fully saturated rings. The zero-order valence-corrected chi connectivity index (χ0v) is 17.0. The minimum Gasteiger partial charge on any atom is -0.480 e. The van der Waals surface area contributed by atoms with Gasteiger partial charge in [0.25, 0.3) is 0 Å². The summed E-state index contributed by atoms with van der Waals surface area (Å²) < 4.78 is 0. The van der Waals surface area contributed by atoms with Crippen LogP contribution in [0.5, 0.6) is 0 Å². The molecule has 2 unspecified atom stereocenters. The Kier molecular flexibility index (Phi) is 8.15. The second kappa shape index (κ2) is 9.38. The van der Waals surface area contributed by atoms with Crippen LogP contribution < -0.4 is 10.2 Å². The maximum Gasteiger partial charge on any atom is 0.326 e. The van der Waals surface area contributed by atoms with Crippen LogP contribution in [-0.4, -0.2) is 42.4 Å². The number of rotatable bonds is 9. The maximum atomic E-state index is 12.2. The van der Waals surface area contributed by atoms with Crippen LogP contribution in [0.15, 0.2) is 24.3 Å². The molecule has 1 rings (SSSR count). The minimum atomic E-state index is -1.07. The first kappa shape index (κ1) is 21.7. The van der Waals surface area contributed by atoms with E-state index in [4.69, 9.17) is 0 Å². The number of aliphatic carboxylic acids is 1. The molecule has 0 spiro atoms. The Balaban J connectivity index is 2.81. The summed E-state index contributed by atoms with van der Waals surface area (Å²) in [6.07, 6.45) is 0.204. The molecular weight excluding hydrogens is 356 g/mol. The number of carbonyl (C=O) groups excluding carboxylic acids is 1. The van der Waals surface area contributed by atoms with Gasteiger partial charge < -0.3 is 15.3 Å². The van der Waals surface area contributed by atoms with Crippen molar-refractivity contribution in [3.05, 3.63) is 29.8 Å². The highest BCUT2D eigenvalue weighted by atomic mass is 32.1. The monoisotopic (exact) mass is 384 g/mol. The van der Waals surface area contributed by atoms with Crippen molar-refractivity contribution >= 4 is 42.8 Å². The summed E-state index contributed by atoms with van der Waals surface area (Å²) >= 11 is 8.69. The number of nitrogens with zero attached hydrogens (tertiary/aromatic N) is 1. The Labute approximate surface area is 161 Å². The van der Waals surface area contributed by atoms with Gasteiger partial charge in [0.15, 0.2) is 0 Å². The molecule has 2 N–H and O–H groups in total. The zero-order valence-electron chi connectivity index (χ0n) is 15.2. The molecule has 0 saturated carbocycles. The average Bonchev–Trinajstić information content (AvgIpc) is 2.60. The van der Waals surface area contributed by atoms with Crippen LogP contribution in [0.2, 0.25) is 0 Å². The largest absolute Gasteiger partial charge is 0.480 e. The summed E-state index contributed by atoms with van der Waals surface area (Å²) in [6.45, 7) is 6.43. The van der Waals surface area contributed by atoms with E-state index in [1.54, 1.807) is 13.8 Å². The standard InChI is InChI=1S/C18H28N2O3S2/c1-5-20(4)13-8-6-12(7-9-13)15(25)10-14(16(21)22)19-17(23)18(2,3)11-24/h6-9,14-15,24-25H,5,10-11H2,1-4H3,(H,19,23)(H,21,22). The van der Waals surface area contributed by atoms with Crippen molar-refractivity contribution < 1.29 is 14.7 Å². The van der Waals surface area contributed by atoms with Crippen molar-refractivity contribution in [2.75, 3.05) is 24.2 Å². The molecule has 25 heavy (non-hydrogen) atoms. The van der Waals surface area contributed by atoms with Crippen LogP contribution in [0.3, 0.4) is 0 Å². The number of hydrogen-bond donors (Lipinski definition) is 4. The molecule has 5 nitrogen and oxygen atoms in total. The van der Waals surface area contributed by atoms with Crippen LogP contribution in [0.1, 0.15) is 38.0 Å². The molecule has 0 radical (unpaired) electrons. The minimum absolute atomic E-state index is 0.204. The number of nitrogens with one attached hydrogen (secondary N) is 1. The van der Waals surface area contributed by atoms with Crippen LogP contribution in [0.25, 0.3) is 0 Å². The summed E-state index contributed by atoms with van der Waals surface area (Å²) in [5.41, 5.74) is 1.28. The summed E-state index contributed by atoms with van der Waals surface area (Å²) in [4.78, 5) is 25.9. The van der Waals surface area contributed by atoms with E-state index in [1.807, 2.05) is 31.3 Å². The molecule has 1 amide bonds. The van der Waals surface area contributed by atoms with E-state index >= 15 is 0 Å². The lowest BCUT2D eigenvalue weighted by Crippen LogP contribution is -2.47. The maximum absolute atomic E-state index is 12.2. The molecule has 0 aliphatic rings. The van der Waals surface area contributed by atoms with E-state index in [0.29, 0.717) is 5.75 Å². The van der Waals surface area contributed by atoms with E-state index in [2.05, 4.69) is 42.4 Å². The molecule has 7 heteroatoms. The highest BCUT2D eigenvalue weighted by molar-refractivity contribution is 7.80. The van der Waals surface area contributed by atoms with Gasteiger partial charge in [0.05, 0.1) is 5.41 Å². The first-order valence-corrected chi connectivity index (χ1v) is 9.41. The van der Waals surface area contributed by atoms with Crippen LogP contribution in [0.4, 0.5) is 5.69 Å². The summed E-state index contributed by atoms with van der Waals surface area (Å²) in [5, 5.41) is 11.7. The second-order valence-electron chi connectivity index (χ2n) is 6.76. The van der Waals surface area contributed by atoms with Gasteiger partial charge in [-0.3, -0.25) is 4.79 Å². The first-order valence-electron chi connectivity index (χ1n) is 8.26. The van der Waals surface area contributed by atoms with Gasteiger partial charge >= 0.3 is 5.97 Å². The number of thiol groups is 2. The summed E-state index contributed by atoms with van der Waals surface area (Å²) in [6, 6.07) is 6.86. The molecule has 0 aromatic heterocycles. The van der Waals surface area contributed by atoms with Gasteiger partial charge in [-0.1, -0.05) is 26.0 Å². The van der Waals surface area contributed by atoms with Crippen molar-refractivity contribution in [2.24, 2.45) is 5.41 Å². The number of amides is 1. The molecule has 0 bridgehead atoms. The number of carboxylic acid groups (broad SMARTS) is 1. The predicted molar refractivity (Wildman–Crippen MR) is 109 cm³/mol. The Hall–Kier alpha value is -1.34. The smallest absolute Gasteiger partial charge is 0.326 e. The van der Waals surface area contributed by atoms with Crippen LogP contribution in [-0.2, 0) is 9.59 Å². The van der Waals surface area contributed by atoms with Crippen molar-refractivity contribution in [2.45, 2.75) is 38.5 Å². The van der Waals surface area contributed by atoms with Crippen LogP contribution >= 0.6 is 25.3 Å². The lowest BCUT2D eigenvalue weighted by molar-refractivity contribution is -0.143. The van der Waals surface area contributed by atoms with Crippen molar-refractivity contribution in [1.82, 2.24) is 5.32 Å². The fourth-order valence-electron chi connectivity index (χ4n) is 2.14. The SMILES string of the molecule is CCN(C)c1ccc(C(S)CC(NC(=O)C(C)(C)CS)C(=O)O)cc1. The quantitative estimate of drug-likeness (QED) is 0.494. The Morgan fingerprint density at radius 3 is 2.28 bits per heavy atom. The van der Waals surface area contributed by atoms with Gasteiger partial charge in [0, 0.05) is 30.3 Å². The molecule has 2 atom stereocenters. The zero-order chi connectivity index (χ0) is 19.2. The van der Waals surface area contributed by atoms with E-state index in [-0.39, 0.29) is 17.6 Å². The first-order chi connectivity index (χ1) is 11.6. The van der Waals surface area contributed by atoms with Crippen molar-refractivity contribution in [3.63, 3.8) is 0 Å². The van der Waals surface area contributed by atoms with Gasteiger partial charge in [-0.25, -0.2) is 4.79 Å². The fourth-order valence-corrected chi connectivity index (χ4v) is 2.67. The molecule has 140 valence electrons. The normalized spacial score (nSPS) is 13.8. The van der Waals surface area contributed by atoms with E-state index in [1.165, 1.54) is 0 Å². The lowest BCUT2D eigenvalue weighted by Gasteiger charge is -2.25. The van der Waals surface area contributed by atoms with E-state index in [0.717, 1.165) is 17.8 Å². The van der Waals surface area contributed by atoms with Crippen LogP contribution in [0, 0.1) is 5.41 Å². The number of carbonyl (C=O) groups is 2. The highest BCUT2D eigenvalue weighted by Crippen LogP contribution is 2.28. The molecule has 0 heterocycles. The fraction of sp³-hybridized carbons (Fsp3) is 0.556. The number of anilines is 1. The van der Waals surface area contributed by atoms with Gasteiger partial charge in [-0.2, -0.15) is 25.3 Å². The van der Waals surface area contributed by atoms with Crippen molar-refractivity contribution in [1.29, 1.82) is 0 Å². The second-order valence-corrected chi connectivity index (χ2v) is 7.70. The van der Waals surface area contributed by atoms with Gasteiger partial charge in [-0.05, 0) is 31.0 Å². The Bertz CT molecular complexity index is 590. The number of hydrogen-bond acceptors (Lipinski definition) is 5. The molecule has 1 aromatic carbocycles. The summed E-state index contributed by atoms with van der Waals surface area (Å²) in [7, 11) is 2.01. The molecular formula is C18H28N2O3S2. The van der Waals surface area contributed by atoms with Crippen molar-refractivity contribution in [3.8, 4) is 0 Å². The lowest BCUT2D eigenvalue weighted by atomic mass is 9.94. The topological polar surface area (TPSA) is 69.6 Å². The Morgan fingerprint density at radius 1 is 1.28 bits per heavy atom. The number of benzene rings is 1. The molecule has 0 saturated heterocycles. The molecule has 1 aromatic rings. The third kappa shape index (κ3) is 6.15. The van der Waals surface area contributed by atoms with E-state index < -0.39 is 17.4 Å². The average molecular weight is 385 g/mol. The molecule has 0 aliphatic heterocycles. The van der Waals surface area contributed by atoms with Gasteiger partial charge in [0.1, 0.15) is 6.04 Å².